The minimum Gasteiger partial charge on any atom is -0.330 e. The maximum Gasteiger partial charge on any atom is 0.269 e. The molecule has 1 aliphatic heterocycles. The Bertz CT molecular complexity index is 502. The number of nitro groups is 1. The first-order chi connectivity index (χ1) is 9.70. The SMILES string of the molecule is NCC1CCCN(C2CC2)C1c1cccc([N+](=O)[O-])c1. The van der Waals surface area contributed by atoms with E-state index in [1.165, 1.54) is 19.3 Å². The van der Waals surface area contributed by atoms with Gasteiger partial charge in [0.15, 0.2) is 0 Å². The van der Waals surface area contributed by atoms with Crippen molar-refractivity contribution in [2.75, 3.05) is 13.1 Å². The molecule has 20 heavy (non-hydrogen) atoms. The van der Waals surface area contributed by atoms with Crippen molar-refractivity contribution in [3.63, 3.8) is 0 Å². The van der Waals surface area contributed by atoms with Gasteiger partial charge in [0.1, 0.15) is 0 Å². The van der Waals surface area contributed by atoms with E-state index < -0.39 is 0 Å². The molecule has 2 atom stereocenters. The van der Waals surface area contributed by atoms with Crippen LogP contribution in [0.1, 0.15) is 37.3 Å². The fourth-order valence-corrected chi connectivity index (χ4v) is 3.45. The normalized spacial score (nSPS) is 27.4. The van der Waals surface area contributed by atoms with Crippen LogP contribution in [0.2, 0.25) is 0 Å². The van der Waals surface area contributed by atoms with Crippen LogP contribution in [0, 0.1) is 16.0 Å². The van der Waals surface area contributed by atoms with Crippen molar-refractivity contribution in [1.82, 2.24) is 4.90 Å². The molecule has 1 aromatic rings. The summed E-state index contributed by atoms with van der Waals surface area (Å²) < 4.78 is 0. The summed E-state index contributed by atoms with van der Waals surface area (Å²) in [7, 11) is 0. The van der Waals surface area contributed by atoms with Gasteiger partial charge >= 0.3 is 0 Å². The number of non-ortho nitro benzene ring substituents is 1. The van der Waals surface area contributed by atoms with Gasteiger partial charge in [0.05, 0.1) is 4.92 Å². The van der Waals surface area contributed by atoms with E-state index in [-0.39, 0.29) is 16.7 Å². The summed E-state index contributed by atoms with van der Waals surface area (Å²) in [6.07, 6.45) is 4.81. The summed E-state index contributed by atoms with van der Waals surface area (Å²) in [6, 6.07) is 8.01. The average molecular weight is 275 g/mol. The zero-order chi connectivity index (χ0) is 14.1. The van der Waals surface area contributed by atoms with Gasteiger partial charge in [0.2, 0.25) is 0 Å². The van der Waals surface area contributed by atoms with Crippen molar-refractivity contribution < 1.29 is 4.92 Å². The Morgan fingerprint density at radius 3 is 2.80 bits per heavy atom. The lowest BCUT2D eigenvalue weighted by Gasteiger charge is -2.41. The minimum atomic E-state index is -0.314. The third-order valence-electron chi connectivity index (χ3n) is 4.54. The molecule has 3 rings (SSSR count). The van der Waals surface area contributed by atoms with E-state index in [2.05, 4.69) is 4.90 Å². The highest BCUT2D eigenvalue weighted by Gasteiger charge is 2.40. The van der Waals surface area contributed by atoms with Gasteiger partial charge < -0.3 is 5.73 Å². The topological polar surface area (TPSA) is 72.4 Å². The molecule has 1 heterocycles. The van der Waals surface area contributed by atoms with Gasteiger partial charge in [-0.05, 0) is 50.3 Å². The summed E-state index contributed by atoms with van der Waals surface area (Å²) in [4.78, 5) is 13.2. The maximum atomic E-state index is 11.0. The lowest BCUT2D eigenvalue weighted by atomic mass is 9.84. The van der Waals surface area contributed by atoms with Crippen molar-refractivity contribution in [3.8, 4) is 0 Å². The van der Waals surface area contributed by atoms with Gasteiger partial charge in [0.25, 0.3) is 5.69 Å². The zero-order valence-corrected chi connectivity index (χ0v) is 11.6. The summed E-state index contributed by atoms with van der Waals surface area (Å²) in [5.74, 6) is 0.409. The standard InChI is InChI=1S/C15H21N3O2/c16-10-12-4-2-8-17(13-6-7-13)15(12)11-3-1-5-14(9-11)18(19)20/h1,3,5,9,12-13,15H,2,4,6-8,10,16H2. The maximum absolute atomic E-state index is 11.0. The van der Waals surface area contributed by atoms with E-state index in [1.807, 2.05) is 6.07 Å². The summed E-state index contributed by atoms with van der Waals surface area (Å²) in [5.41, 5.74) is 7.19. The van der Waals surface area contributed by atoms with Crippen molar-refractivity contribution in [1.29, 1.82) is 0 Å². The molecule has 2 unspecified atom stereocenters. The van der Waals surface area contributed by atoms with Crippen LogP contribution in [0.5, 0.6) is 0 Å². The highest BCUT2D eigenvalue weighted by molar-refractivity contribution is 5.36. The molecular weight excluding hydrogens is 254 g/mol. The van der Waals surface area contributed by atoms with Crippen LogP contribution in [0.25, 0.3) is 0 Å². The van der Waals surface area contributed by atoms with Gasteiger partial charge in [-0.1, -0.05) is 12.1 Å². The number of nitrogens with two attached hydrogens (primary N) is 1. The number of hydrogen-bond donors (Lipinski definition) is 1. The third kappa shape index (κ3) is 2.55. The van der Waals surface area contributed by atoms with Crippen LogP contribution in [0.4, 0.5) is 5.69 Å². The predicted molar refractivity (Wildman–Crippen MR) is 77.3 cm³/mol. The molecule has 1 saturated heterocycles. The van der Waals surface area contributed by atoms with Gasteiger partial charge in [0, 0.05) is 24.2 Å². The highest BCUT2D eigenvalue weighted by atomic mass is 16.6. The van der Waals surface area contributed by atoms with E-state index >= 15 is 0 Å². The number of likely N-dealkylation sites (tertiary alicyclic amines) is 1. The van der Waals surface area contributed by atoms with Crippen LogP contribution in [0.3, 0.4) is 0 Å². The number of rotatable bonds is 4. The second-order valence-corrected chi connectivity index (χ2v) is 5.90. The van der Waals surface area contributed by atoms with Crippen LogP contribution in [-0.2, 0) is 0 Å². The molecule has 1 aromatic carbocycles. The van der Waals surface area contributed by atoms with Crippen LogP contribution >= 0.6 is 0 Å². The first kappa shape index (κ1) is 13.5. The predicted octanol–water partition coefficient (Wildman–Crippen LogP) is 2.47. The number of piperidine rings is 1. The Kier molecular flexibility index (Phi) is 3.72. The van der Waals surface area contributed by atoms with Crippen molar-refractivity contribution in [3.05, 3.63) is 39.9 Å². The Morgan fingerprint density at radius 2 is 2.15 bits per heavy atom. The Balaban J connectivity index is 1.93. The fourth-order valence-electron chi connectivity index (χ4n) is 3.45. The fraction of sp³-hybridized carbons (Fsp3) is 0.600. The molecule has 2 aliphatic rings. The third-order valence-corrected chi connectivity index (χ3v) is 4.54. The lowest BCUT2D eigenvalue weighted by Crippen LogP contribution is -2.42. The molecule has 0 aromatic heterocycles. The molecule has 0 amide bonds. The second-order valence-electron chi connectivity index (χ2n) is 5.90. The van der Waals surface area contributed by atoms with Gasteiger partial charge in [-0.3, -0.25) is 15.0 Å². The largest absolute Gasteiger partial charge is 0.330 e. The minimum absolute atomic E-state index is 0.180. The monoisotopic (exact) mass is 275 g/mol. The molecule has 0 spiro atoms. The molecule has 1 saturated carbocycles. The quantitative estimate of drug-likeness (QED) is 0.676. The average Bonchev–Trinajstić information content (AvgIpc) is 3.31. The molecule has 0 bridgehead atoms. The molecule has 1 aliphatic carbocycles. The molecule has 108 valence electrons. The molecule has 0 radical (unpaired) electrons. The smallest absolute Gasteiger partial charge is 0.269 e. The molecule has 5 nitrogen and oxygen atoms in total. The summed E-state index contributed by atoms with van der Waals surface area (Å²) >= 11 is 0. The Morgan fingerprint density at radius 1 is 1.35 bits per heavy atom. The Labute approximate surface area is 118 Å². The zero-order valence-electron chi connectivity index (χ0n) is 11.6. The van der Waals surface area contributed by atoms with Crippen LogP contribution in [-0.4, -0.2) is 29.0 Å². The second kappa shape index (κ2) is 5.50. The number of nitro benzene ring substituents is 1. The van der Waals surface area contributed by atoms with Crippen LogP contribution < -0.4 is 5.73 Å². The Hall–Kier alpha value is -1.46. The van der Waals surface area contributed by atoms with Gasteiger partial charge in [-0.2, -0.15) is 0 Å². The highest BCUT2D eigenvalue weighted by Crippen LogP contribution is 2.42. The summed E-state index contributed by atoms with van der Waals surface area (Å²) in [6.45, 7) is 1.74. The number of nitrogens with zero attached hydrogens (tertiary/aromatic N) is 2. The van der Waals surface area contributed by atoms with Crippen LogP contribution in [0.15, 0.2) is 24.3 Å². The van der Waals surface area contributed by atoms with E-state index in [1.54, 1.807) is 18.2 Å². The number of hydrogen-bond acceptors (Lipinski definition) is 4. The molecule has 2 N–H and O–H groups in total. The van der Waals surface area contributed by atoms with E-state index in [0.717, 1.165) is 18.5 Å². The first-order valence-electron chi connectivity index (χ1n) is 7.41. The molecule has 2 fully saturated rings. The lowest BCUT2D eigenvalue weighted by molar-refractivity contribution is -0.385. The van der Waals surface area contributed by atoms with Gasteiger partial charge in [-0.25, -0.2) is 0 Å². The molecular formula is C15H21N3O2. The number of benzene rings is 1. The van der Waals surface area contributed by atoms with E-state index in [0.29, 0.717) is 18.5 Å². The van der Waals surface area contributed by atoms with Crippen molar-refractivity contribution >= 4 is 5.69 Å². The van der Waals surface area contributed by atoms with Crippen molar-refractivity contribution in [2.24, 2.45) is 11.7 Å². The van der Waals surface area contributed by atoms with E-state index in [4.69, 9.17) is 5.73 Å². The van der Waals surface area contributed by atoms with E-state index in [9.17, 15) is 10.1 Å². The molecule has 5 heteroatoms. The first-order valence-corrected chi connectivity index (χ1v) is 7.41. The van der Waals surface area contributed by atoms with Gasteiger partial charge in [-0.15, -0.1) is 0 Å². The van der Waals surface area contributed by atoms with Crippen molar-refractivity contribution in [2.45, 2.75) is 37.8 Å². The summed E-state index contributed by atoms with van der Waals surface area (Å²) in [5, 5.41) is 11.0.